The van der Waals surface area contributed by atoms with Crippen molar-refractivity contribution in [1.82, 2.24) is 0 Å². The van der Waals surface area contributed by atoms with Crippen LogP contribution in [0.5, 0.6) is 0 Å². The molecule has 1 rings (SSSR count). The maximum atomic E-state index is 11.4. The van der Waals surface area contributed by atoms with E-state index in [-0.39, 0.29) is 11.9 Å². The molecule has 0 heterocycles. The van der Waals surface area contributed by atoms with Crippen molar-refractivity contribution in [2.24, 2.45) is 11.8 Å². The van der Waals surface area contributed by atoms with Crippen molar-refractivity contribution in [3.63, 3.8) is 0 Å². The van der Waals surface area contributed by atoms with Crippen molar-refractivity contribution in [3.8, 4) is 0 Å². The molecule has 2 unspecified atom stereocenters. The van der Waals surface area contributed by atoms with E-state index in [1.807, 2.05) is 6.92 Å². The molecule has 0 spiro atoms. The highest BCUT2D eigenvalue weighted by Gasteiger charge is 2.32. The molecule has 0 aliphatic heterocycles. The van der Waals surface area contributed by atoms with Gasteiger partial charge in [-0.3, -0.25) is 4.79 Å². The van der Waals surface area contributed by atoms with Crippen LogP contribution in [0.15, 0.2) is 0 Å². The summed E-state index contributed by atoms with van der Waals surface area (Å²) in [6.07, 6.45) is 4.56. The van der Waals surface area contributed by atoms with Crippen LogP contribution in [-0.2, 0) is 9.53 Å². The predicted octanol–water partition coefficient (Wildman–Crippen LogP) is 2.38. The van der Waals surface area contributed by atoms with Gasteiger partial charge in [-0.1, -0.05) is 19.8 Å². The Balaban J connectivity index is 2.43. The minimum Gasteiger partial charge on any atom is -0.466 e. The lowest BCUT2D eigenvalue weighted by Crippen LogP contribution is -2.20. The SMILES string of the molecule is CCOC(=O)C1CCCC1CC. The predicted molar refractivity (Wildman–Crippen MR) is 47.8 cm³/mol. The fraction of sp³-hybridized carbons (Fsp3) is 0.900. The first-order chi connectivity index (χ1) is 5.79. The van der Waals surface area contributed by atoms with Gasteiger partial charge in [0, 0.05) is 0 Å². The fourth-order valence-electron chi connectivity index (χ4n) is 2.09. The van der Waals surface area contributed by atoms with Crippen molar-refractivity contribution >= 4 is 5.97 Å². The average Bonchev–Trinajstić information content (AvgIpc) is 2.51. The van der Waals surface area contributed by atoms with Gasteiger partial charge in [-0.05, 0) is 25.7 Å². The molecule has 1 aliphatic carbocycles. The number of carbonyl (C=O) groups excluding carboxylic acids is 1. The van der Waals surface area contributed by atoms with Crippen LogP contribution in [-0.4, -0.2) is 12.6 Å². The van der Waals surface area contributed by atoms with Crippen LogP contribution in [0.3, 0.4) is 0 Å². The fourth-order valence-corrected chi connectivity index (χ4v) is 2.09. The summed E-state index contributed by atoms with van der Waals surface area (Å²) in [7, 11) is 0. The van der Waals surface area contributed by atoms with Crippen LogP contribution in [0.4, 0.5) is 0 Å². The summed E-state index contributed by atoms with van der Waals surface area (Å²) in [5, 5.41) is 0. The van der Waals surface area contributed by atoms with E-state index < -0.39 is 0 Å². The first kappa shape index (κ1) is 9.56. The van der Waals surface area contributed by atoms with Crippen molar-refractivity contribution in [1.29, 1.82) is 0 Å². The van der Waals surface area contributed by atoms with Crippen LogP contribution >= 0.6 is 0 Å². The lowest BCUT2D eigenvalue weighted by Gasteiger charge is -2.15. The van der Waals surface area contributed by atoms with E-state index >= 15 is 0 Å². The zero-order chi connectivity index (χ0) is 8.97. The number of esters is 1. The summed E-state index contributed by atoms with van der Waals surface area (Å²) >= 11 is 0. The second-order valence-corrected chi connectivity index (χ2v) is 3.46. The molecule has 2 heteroatoms. The molecule has 0 saturated heterocycles. The van der Waals surface area contributed by atoms with Gasteiger partial charge in [0.15, 0.2) is 0 Å². The van der Waals surface area contributed by atoms with Crippen LogP contribution in [0, 0.1) is 11.8 Å². The van der Waals surface area contributed by atoms with E-state index in [1.54, 1.807) is 0 Å². The molecule has 1 aliphatic rings. The molecule has 0 aromatic carbocycles. The third-order valence-electron chi connectivity index (χ3n) is 2.77. The van der Waals surface area contributed by atoms with Gasteiger partial charge in [-0.2, -0.15) is 0 Å². The number of carbonyl (C=O) groups is 1. The quantitative estimate of drug-likeness (QED) is 0.608. The monoisotopic (exact) mass is 170 g/mol. The van der Waals surface area contributed by atoms with E-state index in [2.05, 4.69) is 6.92 Å². The van der Waals surface area contributed by atoms with Gasteiger partial charge in [0.25, 0.3) is 0 Å². The third kappa shape index (κ3) is 1.99. The van der Waals surface area contributed by atoms with E-state index in [4.69, 9.17) is 4.74 Å². The molecule has 1 saturated carbocycles. The molecule has 0 N–H and O–H groups in total. The number of hydrogen-bond donors (Lipinski definition) is 0. The molecule has 0 radical (unpaired) electrons. The summed E-state index contributed by atoms with van der Waals surface area (Å²) in [4.78, 5) is 11.4. The largest absolute Gasteiger partial charge is 0.466 e. The van der Waals surface area contributed by atoms with Gasteiger partial charge in [-0.25, -0.2) is 0 Å². The Labute approximate surface area is 74.3 Å². The highest BCUT2D eigenvalue weighted by atomic mass is 16.5. The molecular weight excluding hydrogens is 152 g/mol. The van der Waals surface area contributed by atoms with Crippen molar-refractivity contribution in [2.45, 2.75) is 39.5 Å². The standard InChI is InChI=1S/C10H18O2/c1-3-8-6-5-7-9(8)10(11)12-4-2/h8-9H,3-7H2,1-2H3. The minimum absolute atomic E-state index is 0.0295. The Morgan fingerprint density at radius 2 is 2.17 bits per heavy atom. The minimum atomic E-state index is 0.0295. The first-order valence-electron chi connectivity index (χ1n) is 4.96. The molecule has 2 nitrogen and oxygen atoms in total. The lowest BCUT2D eigenvalue weighted by molar-refractivity contribution is -0.149. The molecule has 0 amide bonds. The van der Waals surface area contributed by atoms with Gasteiger partial charge in [0.2, 0.25) is 0 Å². The zero-order valence-corrected chi connectivity index (χ0v) is 8.01. The van der Waals surface area contributed by atoms with Crippen LogP contribution in [0.25, 0.3) is 0 Å². The zero-order valence-electron chi connectivity index (χ0n) is 8.01. The summed E-state index contributed by atoms with van der Waals surface area (Å²) in [5.41, 5.74) is 0. The number of hydrogen-bond acceptors (Lipinski definition) is 2. The molecule has 0 bridgehead atoms. The molecular formula is C10H18O2. The summed E-state index contributed by atoms with van der Waals surface area (Å²) in [6.45, 7) is 4.54. The Bertz CT molecular complexity index is 154. The maximum Gasteiger partial charge on any atom is 0.309 e. The Kier molecular flexibility index (Phi) is 3.57. The van der Waals surface area contributed by atoms with Gasteiger partial charge in [0.05, 0.1) is 12.5 Å². The van der Waals surface area contributed by atoms with Gasteiger partial charge >= 0.3 is 5.97 Å². The molecule has 0 aromatic rings. The van der Waals surface area contributed by atoms with Crippen LogP contribution in [0.1, 0.15) is 39.5 Å². The van der Waals surface area contributed by atoms with E-state index in [0.717, 1.165) is 12.8 Å². The smallest absolute Gasteiger partial charge is 0.309 e. The van der Waals surface area contributed by atoms with Crippen LogP contribution in [0.2, 0.25) is 0 Å². The summed E-state index contributed by atoms with van der Waals surface area (Å²) in [5.74, 6) is 0.820. The summed E-state index contributed by atoms with van der Waals surface area (Å²) in [6, 6.07) is 0. The van der Waals surface area contributed by atoms with E-state index in [9.17, 15) is 4.79 Å². The van der Waals surface area contributed by atoms with Crippen molar-refractivity contribution in [2.75, 3.05) is 6.61 Å². The van der Waals surface area contributed by atoms with Gasteiger partial charge in [-0.15, -0.1) is 0 Å². The average molecular weight is 170 g/mol. The van der Waals surface area contributed by atoms with Crippen LogP contribution < -0.4 is 0 Å². The number of ether oxygens (including phenoxy) is 1. The Hall–Kier alpha value is -0.530. The van der Waals surface area contributed by atoms with Crippen molar-refractivity contribution in [3.05, 3.63) is 0 Å². The first-order valence-corrected chi connectivity index (χ1v) is 4.96. The Morgan fingerprint density at radius 1 is 1.42 bits per heavy atom. The van der Waals surface area contributed by atoms with Gasteiger partial charge < -0.3 is 4.74 Å². The van der Waals surface area contributed by atoms with Crippen molar-refractivity contribution < 1.29 is 9.53 Å². The molecule has 70 valence electrons. The van der Waals surface area contributed by atoms with Gasteiger partial charge in [0.1, 0.15) is 0 Å². The molecule has 2 atom stereocenters. The molecule has 0 aromatic heterocycles. The number of rotatable bonds is 3. The highest BCUT2D eigenvalue weighted by molar-refractivity contribution is 5.73. The highest BCUT2D eigenvalue weighted by Crippen LogP contribution is 2.34. The lowest BCUT2D eigenvalue weighted by atomic mass is 9.94. The topological polar surface area (TPSA) is 26.3 Å². The second-order valence-electron chi connectivity index (χ2n) is 3.46. The molecule has 12 heavy (non-hydrogen) atoms. The Morgan fingerprint density at radius 3 is 2.75 bits per heavy atom. The maximum absolute atomic E-state index is 11.4. The second kappa shape index (κ2) is 4.48. The normalized spacial score (nSPS) is 28.8. The van der Waals surface area contributed by atoms with E-state index in [1.165, 1.54) is 12.8 Å². The molecule has 1 fully saturated rings. The van der Waals surface area contributed by atoms with E-state index in [0.29, 0.717) is 12.5 Å². The summed E-state index contributed by atoms with van der Waals surface area (Å²) < 4.78 is 5.02. The third-order valence-corrected chi connectivity index (χ3v) is 2.77.